The van der Waals surface area contributed by atoms with Crippen molar-refractivity contribution in [2.75, 3.05) is 0 Å². The Balaban J connectivity index is 0.000000126. The van der Waals surface area contributed by atoms with Crippen molar-refractivity contribution >= 4 is 55.4 Å². The van der Waals surface area contributed by atoms with Crippen molar-refractivity contribution in [1.82, 2.24) is 59.1 Å². The molecule has 0 unspecified atom stereocenters. The van der Waals surface area contributed by atoms with Crippen molar-refractivity contribution in [1.29, 1.82) is 0 Å². The van der Waals surface area contributed by atoms with Crippen molar-refractivity contribution in [2.45, 2.75) is 98.6 Å². The van der Waals surface area contributed by atoms with E-state index in [9.17, 15) is 19.8 Å². The Labute approximate surface area is 736 Å². The van der Waals surface area contributed by atoms with Crippen molar-refractivity contribution in [2.24, 2.45) is 0 Å². The van der Waals surface area contributed by atoms with Crippen LogP contribution in [0.1, 0.15) is 67.6 Å². The first-order chi connectivity index (χ1) is 62.6. The molecule has 0 aliphatic carbocycles. The molecule has 25 nitrogen and oxygen atoms in total. The Kier molecular flexibility index (Phi) is 27.1. The molecule has 8 aromatic heterocycles. The number of aliphatic carboxylic acids is 1. The summed E-state index contributed by atoms with van der Waals surface area (Å²) in [7, 11) is 0. The molecule has 0 radical (unpaired) electrons. The van der Waals surface area contributed by atoms with Crippen LogP contribution in [0.5, 0.6) is 23.0 Å². The van der Waals surface area contributed by atoms with Gasteiger partial charge >= 0.3 is 5.97 Å². The molecule has 19 rings (SSSR count). The number of aliphatic hydroxyl groups is 2. The van der Waals surface area contributed by atoms with Crippen LogP contribution in [-0.4, -0.2) is 86.1 Å². The lowest BCUT2D eigenvalue weighted by molar-refractivity contribution is -0.137. The van der Waals surface area contributed by atoms with Crippen molar-refractivity contribution in [3.05, 3.63) is 363 Å². The molecule has 25 heteroatoms. The molecule has 0 saturated carbocycles. The van der Waals surface area contributed by atoms with E-state index in [1.165, 1.54) is 0 Å². The number of carbonyl (C=O) groups excluding carboxylic acids is 1. The van der Waals surface area contributed by atoms with Crippen LogP contribution in [-0.2, 0) is 62.2 Å². The third-order valence-corrected chi connectivity index (χ3v) is 20.8. The van der Waals surface area contributed by atoms with E-state index in [0.29, 0.717) is 96.3 Å². The maximum Gasteiger partial charge on any atom is 0.305 e. The number of fused-ring (bicyclic) bond motifs is 4. The second-order valence-electron chi connectivity index (χ2n) is 30.0. The van der Waals surface area contributed by atoms with Gasteiger partial charge in [0.2, 0.25) is 23.6 Å². The van der Waals surface area contributed by atoms with Gasteiger partial charge in [0.05, 0.1) is 82.9 Å². The molecule has 0 amide bonds. The zero-order valence-corrected chi connectivity index (χ0v) is 70.3. The van der Waals surface area contributed by atoms with E-state index in [4.69, 9.17) is 56.7 Å². The molecule has 0 aliphatic heterocycles. The van der Waals surface area contributed by atoms with Gasteiger partial charge < -0.3 is 56.7 Å². The fraction of sp³-hybridized carbons (Fsp3) is 0.146. The van der Waals surface area contributed by atoms with Crippen LogP contribution in [0.15, 0.2) is 352 Å². The SMILES string of the molecule is C=C(O)CCCn1ncc2c(OCc3nc(-c4ccccc4)oc3-c3ccccc3)cccc21.C=C(O)Cn1ncc2c(OCc3nc(-c4ccccc4)oc3-c3ccccc3)cccc21.CC(=O)CCCn1ncc2ccc(OCc3nc(-c4ccccc4)oc3-c3ccccc3)cc21.Cc1oc(-c2ccccc2)nc1COc1ccc2cnn(CCC(=O)O)c2c1. The fourth-order valence-corrected chi connectivity index (χ4v) is 14.4. The minimum atomic E-state index is -0.855. The van der Waals surface area contributed by atoms with Crippen LogP contribution in [0.25, 0.3) is 123 Å². The van der Waals surface area contributed by atoms with E-state index in [-0.39, 0.29) is 56.7 Å². The maximum atomic E-state index is 11.3. The van der Waals surface area contributed by atoms with Gasteiger partial charge in [-0.1, -0.05) is 189 Å². The molecular formula is C103H90N12O13. The number of hydrogen-bond donors (Lipinski definition) is 3. The highest BCUT2D eigenvalue weighted by atomic mass is 16.5. The summed E-state index contributed by atoms with van der Waals surface area (Å²) in [6.45, 7) is 13.5. The normalized spacial score (nSPS) is 11.0. The Hall–Kier alpha value is -16.4. The molecule has 0 spiro atoms. The van der Waals surface area contributed by atoms with Gasteiger partial charge in [-0.3, -0.25) is 23.5 Å². The number of aryl methyl sites for hydroxylation is 4. The van der Waals surface area contributed by atoms with Gasteiger partial charge in [0, 0.05) is 87.8 Å². The Morgan fingerprint density at radius 1 is 0.344 bits per heavy atom. The number of aliphatic hydroxyl groups excluding tert-OH is 2. The van der Waals surface area contributed by atoms with Crippen molar-refractivity contribution < 1.29 is 61.5 Å². The van der Waals surface area contributed by atoms with E-state index in [1.807, 2.05) is 314 Å². The van der Waals surface area contributed by atoms with Crippen LogP contribution < -0.4 is 18.9 Å². The zero-order valence-electron chi connectivity index (χ0n) is 70.3. The Morgan fingerprint density at radius 2 is 0.688 bits per heavy atom. The molecule has 0 saturated heterocycles. The summed E-state index contributed by atoms with van der Waals surface area (Å²) in [6, 6.07) is 92.1. The average molecular weight is 1700 g/mol. The number of carbonyl (C=O) groups is 2. The molecule has 8 heterocycles. The minimum absolute atomic E-state index is 0.0161. The summed E-state index contributed by atoms with van der Waals surface area (Å²) in [6.07, 6.45) is 9.74. The summed E-state index contributed by atoms with van der Waals surface area (Å²) in [5.41, 5.74) is 13.1. The quantitative estimate of drug-likeness (QED) is 0.0330. The summed E-state index contributed by atoms with van der Waals surface area (Å²) >= 11 is 0. The highest BCUT2D eigenvalue weighted by Gasteiger charge is 2.23. The molecule has 0 aliphatic rings. The fourth-order valence-electron chi connectivity index (χ4n) is 14.4. The number of benzene rings is 11. The van der Waals surface area contributed by atoms with Gasteiger partial charge in [-0.15, -0.1) is 0 Å². The lowest BCUT2D eigenvalue weighted by Crippen LogP contribution is -2.05. The highest BCUT2D eigenvalue weighted by molar-refractivity contribution is 5.87. The first-order valence-electron chi connectivity index (χ1n) is 41.7. The van der Waals surface area contributed by atoms with Gasteiger partial charge in [-0.05, 0) is 124 Å². The topological polar surface area (TPSA) is 307 Å². The van der Waals surface area contributed by atoms with E-state index < -0.39 is 5.97 Å². The number of hydrogen-bond acceptors (Lipinski definition) is 20. The largest absolute Gasteiger partial charge is 0.513 e. The van der Waals surface area contributed by atoms with Crippen LogP contribution in [0, 0.1) is 6.92 Å². The molecule has 3 N–H and O–H groups in total. The first-order valence-corrected chi connectivity index (χ1v) is 41.7. The highest BCUT2D eigenvalue weighted by Crippen LogP contribution is 2.38. The smallest absolute Gasteiger partial charge is 0.305 e. The summed E-state index contributed by atoms with van der Waals surface area (Å²) < 4.78 is 56.0. The third kappa shape index (κ3) is 21.2. The maximum absolute atomic E-state index is 11.3. The van der Waals surface area contributed by atoms with Gasteiger partial charge in [0.15, 0.2) is 17.3 Å². The number of ether oxygens (including phenoxy) is 4. The predicted octanol–water partition coefficient (Wildman–Crippen LogP) is 23.2. The molecule has 0 fully saturated rings. The number of aromatic nitrogens is 12. The molecule has 128 heavy (non-hydrogen) atoms. The van der Waals surface area contributed by atoms with Crippen molar-refractivity contribution in [3.8, 4) is 103 Å². The van der Waals surface area contributed by atoms with E-state index in [0.717, 1.165) is 124 Å². The van der Waals surface area contributed by atoms with Crippen LogP contribution in [0.4, 0.5) is 0 Å². The van der Waals surface area contributed by atoms with Gasteiger partial charge in [0.1, 0.15) is 89.5 Å². The number of oxazole rings is 4. The monoisotopic (exact) mass is 1700 g/mol. The van der Waals surface area contributed by atoms with Gasteiger partial charge in [-0.25, -0.2) is 19.9 Å². The van der Waals surface area contributed by atoms with Crippen LogP contribution in [0.3, 0.4) is 0 Å². The number of carboxylic acid groups (broad SMARTS) is 1. The summed E-state index contributed by atoms with van der Waals surface area (Å²) in [4.78, 5) is 40.9. The lowest BCUT2D eigenvalue weighted by atomic mass is 10.1. The first kappa shape index (κ1) is 85.1. The molecule has 19 aromatic rings. The Morgan fingerprint density at radius 3 is 1.09 bits per heavy atom. The zero-order chi connectivity index (χ0) is 88.1. The molecule has 640 valence electrons. The number of nitrogens with zero attached hydrogens (tertiary/aromatic N) is 12. The second kappa shape index (κ2) is 40.7. The summed E-state index contributed by atoms with van der Waals surface area (Å²) in [5, 5.41) is 49.1. The van der Waals surface area contributed by atoms with Crippen LogP contribution in [0.2, 0.25) is 0 Å². The van der Waals surface area contributed by atoms with E-state index in [1.54, 1.807) is 28.7 Å². The minimum Gasteiger partial charge on any atom is -0.513 e. The molecule has 11 aromatic carbocycles. The standard InChI is InChI=1S/2C28H25N3O3.C26H21N3O3.C21H19N3O4/c1-20(32)10-9-17-31-25-15-8-16-26(23(25)18-29-31)33-19-24-27(21-11-4-2-5-12-21)34-28(30-24)22-13-6-3-7-14-22;1-20(32)9-8-16-31-26-17-24(15-14-23(26)18-29-31)33-19-25-27(21-10-4-2-5-11-21)34-28(30-25)22-12-6-3-7-13-22;1-18(30)16-29-23-13-8-14-24(21(23)15-27-29)31-17-22-25(19-9-4-2-5-10-19)32-26(28-22)20-11-6-3-7-12-20;1-14-18(23-21(28-14)15-5-3-2-4-6-15)13-27-17-8-7-16-12-22-24(19(16)11-17)10-9-20(25)26/h2-8,11-16,18,32H,1,9-10,17,19H2;2-7,10-15,17-18H,8-9,16,19H2,1H3;2-15,30H,1,16-17H2;2-8,11-12H,9-10,13H2,1H3,(H,25,26). The number of rotatable bonds is 32. The number of allylic oxidation sites excluding steroid dienone is 2. The summed E-state index contributed by atoms with van der Waals surface area (Å²) in [5.74, 6) is 7.43. The number of carboxylic acids is 1. The second-order valence-corrected chi connectivity index (χ2v) is 30.0. The molecule has 0 bridgehead atoms. The van der Waals surface area contributed by atoms with Crippen molar-refractivity contribution in [3.63, 3.8) is 0 Å². The van der Waals surface area contributed by atoms with E-state index >= 15 is 0 Å². The molecular weight excluding hydrogens is 1610 g/mol. The lowest BCUT2D eigenvalue weighted by Gasteiger charge is -2.08. The number of Topliss-reactive ketones (excluding diaryl/α,β-unsaturated/α-hetero) is 1. The Bertz CT molecular complexity index is 6940. The number of ketones is 1. The predicted molar refractivity (Wildman–Crippen MR) is 490 cm³/mol. The average Bonchev–Trinajstić information content (AvgIpc) is 1.66. The molecule has 0 atom stereocenters. The van der Waals surface area contributed by atoms with Gasteiger partial charge in [0.25, 0.3) is 0 Å². The van der Waals surface area contributed by atoms with E-state index in [2.05, 4.69) is 38.5 Å². The van der Waals surface area contributed by atoms with Crippen LogP contribution >= 0.6 is 0 Å². The van der Waals surface area contributed by atoms with Gasteiger partial charge in [-0.2, -0.15) is 20.4 Å². The third-order valence-electron chi connectivity index (χ3n) is 20.8.